The Morgan fingerprint density at radius 2 is 2.00 bits per heavy atom. The lowest BCUT2D eigenvalue weighted by Crippen LogP contribution is -2.68. The molecule has 110 valence electrons. The second kappa shape index (κ2) is 4.04. The van der Waals surface area contributed by atoms with Gasteiger partial charge in [-0.15, -0.1) is 4.99 Å². The summed E-state index contributed by atoms with van der Waals surface area (Å²) >= 11 is 0. The van der Waals surface area contributed by atoms with Crippen molar-refractivity contribution in [2.45, 2.75) is 24.8 Å². The summed E-state index contributed by atoms with van der Waals surface area (Å²) in [7, 11) is 0. The third-order valence-electron chi connectivity index (χ3n) is 5.65. The third-order valence-corrected chi connectivity index (χ3v) is 5.65. The number of para-hydroxylation sites is 1. The van der Waals surface area contributed by atoms with Crippen molar-refractivity contribution in [1.29, 1.82) is 5.26 Å². The highest BCUT2D eigenvalue weighted by Crippen LogP contribution is 2.48. The Labute approximate surface area is 128 Å². The Morgan fingerprint density at radius 1 is 1.18 bits per heavy atom. The highest BCUT2D eigenvalue weighted by Gasteiger charge is 2.53. The van der Waals surface area contributed by atoms with Crippen molar-refractivity contribution in [1.82, 2.24) is 14.8 Å². The van der Waals surface area contributed by atoms with Gasteiger partial charge >= 0.3 is 0 Å². The number of nitrogens with zero attached hydrogens (tertiary/aromatic N) is 4. The zero-order valence-electron chi connectivity index (χ0n) is 12.3. The number of aromatic amines is 1. The van der Waals surface area contributed by atoms with Crippen LogP contribution in [-0.4, -0.2) is 40.4 Å². The summed E-state index contributed by atoms with van der Waals surface area (Å²) in [6.45, 7) is 2.93. The normalized spacial score (nSPS) is 23.5. The van der Waals surface area contributed by atoms with E-state index >= 15 is 0 Å². The fourth-order valence-electron chi connectivity index (χ4n) is 4.66. The zero-order chi connectivity index (χ0) is 14.7. The molecular weight excluding hydrogens is 274 g/mol. The number of aromatic nitrogens is 1. The number of fused-ring (bicyclic) bond motifs is 5. The number of rotatable bonds is 0. The maximum Gasteiger partial charge on any atom is 0.213 e. The summed E-state index contributed by atoms with van der Waals surface area (Å²) in [5.74, 6) is 0.879. The molecule has 4 aliphatic heterocycles. The lowest BCUT2D eigenvalue weighted by atomic mass is 9.75. The van der Waals surface area contributed by atoms with Gasteiger partial charge in [0.15, 0.2) is 0 Å². The molecule has 0 unspecified atom stereocenters. The second-order valence-electron chi connectivity index (χ2n) is 6.46. The lowest BCUT2D eigenvalue weighted by Gasteiger charge is -2.59. The first-order valence-electron chi connectivity index (χ1n) is 7.93. The molecule has 3 saturated heterocycles. The first-order chi connectivity index (χ1) is 10.8. The second-order valence-corrected chi connectivity index (χ2v) is 6.46. The molecule has 5 nitrogen and oxygen atoms in total. The molecule has 3 fully saturated rings. The summed E-state index contributed by atoms with van der Waals surface area (Å²) in [5.41, 5.74) is 4.08. The smallest absolute Gasteiger partial charge is 0.213 e. The number of nitriles is 1. The van der Waals surface area contributed by atoms with E-state index in [1.165, 1.54) is 22.2 Å². The standard InChI is InChI=1S/C17H17N5/c18-11-19-16-21-9-6-17(7-10-21)15-13(5-8-22(16)17)12-3-1-2-4-14(12)20-15/h1-4,20H,5-10H2. The monoisotopic (exact) mass is 291 g/mol. The summed E-state index contributed by atoms with van der Waals surface area (Å²) in [5, 5.41) is 10.4. The molecule has 0 amide bonds. The molecule has 1 aromatic heterocycles. The van der Waals surface area contributed by atoms with E-state index < -0.39 is 0 Å². The summed E-state index contributed by atoms with van der Waals surface area (Å²) < 4.78 is 0. The average Bonchev–Trinajstić information content (AvgIpc) is 2.96. The van der Waals surface area contributed by atoms with Crippen LogP contribution in [0.5, 0.6) is 0 Å². The van der Waals surface area contributed by atoms with Crippen LogP contribution in [0.2, 0.25) is 0 Å². The van der Waals surface area contributed by atoms with E-state index in [-0.39, 0.29) is 5.54 Å². The molecule has 0 saturated carbocycles. The first-order valence-corrected chi connectivity index (χ1v) is 7.93. The maximum atomic E-state index is 9.05. The number of H-pyrrole nitrogens is 1. The van der Waals surface area contributed by atoms with Gasteiger partial charge < -0.3 is 14.8 Å². The molecule has 5 heterocycles. The topological polar surface area (TPSA) is 58.4 Å². The molecule has 1 N–H and O–H groups in total. The molecule has 22 heavy (non-hydrogen) atoms. The van der Waals surface area contributed by atoms with Crippen molar-refractivity contribution in [2.75, 3.05) is 19.6 Å². The minimum Gasteiger partial charge on any atom is -0.356 e. The maximum absolute atomic E-state index is 9.05. The molecule has 1 spiro atoms. The van der Waals surface area contributed by atoms with Gasteiger partial charge in [-0.2, -0.15) is 5.26 Å². The molecule has 1 aromatic carbocycles. The van der Waals surface area contributed by atoms with Gasteiger partial charge in [0.05, 0.1) is 5.54 Å². The largest absolute Gasteiger partial charge is 0.356 e. The van der Waals surface area contributed by atoms with E-state index in [2.05, 4.69) is 44.0 Å². The third kappa shape index (κ3) is 1.31. The number of hydrogen-bond donors (Lipinski definition) is 1. The quantitative estimate of drug-likeness (QED) is 0.757. The van der Waals surface area contributed by atoms with E-state index in [1.54, 1.807) is 0 Å². The van der Waals surface area contributed by atoms with Crippen molar-refractivity contribution < 1.29 is 0 Å². The molecule has 0 aliphatic carbocycles. The Balaban J connectivity index is 1.76. The molecule has 5 heteroatoms. The molecule has 0 atom stereocenters. The Bertz CT molecular complexity index is 832. The molecule has 0 radical (unpaired) electrons. The highest BCUT2D eigenvalue weighted by atomic mass is 15.5. The van der Waals surface area contributed by atoms with Crippen molar-refractivity contribution in [3.63, 3.8) is 0 Å². The van der Waals surface area contributed by atoms with Gasteiger partial charge in [0, 0.05) is 36.2 Å². The van der Waals surface area contributed by atoms with Crippen molar-refractivity contribution in [3.05, 3.63) is 35.5 Å². The Kier molecular flexibility index (Phi) is 2.22. The van der Waals surface area contributed by atoms with Gasteiger partial charge in [0.1, 0.15) is 0 Å². The van der Waals surface area contributed by atoms with Gasteiger partial charge in [-0.3, -0.25) is 0 Å². The van der Waals surface area contributed by atoms with Crippen molar-refractivity contribution >= 4 is 16.9 Å². The molecular formula is C17H17N5. The van der Waals surface area contributed by atoms with Gasteiger partial charge in [-0.25, -0.2) is 0 Å². The number of hydrogen-bond acceptors (Lipinski definition) is 2. The summed E-state index contributed by atoms with van der Waals surface area (Å²) in [4.78, 5) is 12.5. The van der Waals surface area contributed by atoms with Gasteiger partial charge in [0.2, 0.25) is 12.2 Å². The van der Waals surface area contributed by atoms with Crippen LogP contribution in [0.15, 0.2) is 29.3 Å². The molecule has 6 rings (SSSR count). The summed E-state index contributed by atoms with van der Waals surface area (Å²) in [6, 6.07) is 8.59. The number of aliphatic imine (C=N–C) groups is 1. The van der Waals surface area contributed by atoms with Crippen LogP contribution >= 0.6 is 0 Å². The van der Waals surface area contributed by atoms with E-state index in [9.17, 15) is 0 Å². The first kappa shape index (κ1) is 12.1. The van der Waals surface area contributed by atoms with E-state index in [1.807, 2.05) is 6.19 Å². The van der Waals surface area contributed by atoms with Crippen molar-refractivity contribution in [2.24, 2.45) is 4.99 Å². The van der Waals surface area contributed by atoms with Crippen LogP contribution in [0, 0.1) is 11.5 Å². The minimum atomic E-state index is 0.0109. The van der Waals surface area contributed by atoms with E-state index in [4.69, 9.17) is 5.26 Å². The molecule has 2 bridgehead atoms. The zero-order valence-corrected chi connectivity index (χ0v) is 12.3. The Morgan fingerprint density at radius 3 is 2.82 bits per heavy atom. The van der Waals surface area contributed by atoms with E-state index in [0.29, 0.717) is 0 Å². The molecule has 4 aliphatic rings. The summed E-state index contributed by atoms with van der Waals surface area (Å²) in [6.07, 6.45) is 5.23. The van der Waals surface area contributed by atoms with Crippen LogP contribution in [0.4, 0.5) is 0 Å². The van der Waals surface area contributed by atoms with E-state index in [0.717, 1.165) is 44.9 Å². The van der Waals surface area contributed by atoms with Gasteiger partial charge in [-0.05, 0) is 30.9 Å². The fraction of sp³-hybridized carbons (Fsp3) is 0.412. The van der Waals surface area contributed by atoms with Crippen LogP contribution in [0.3, 0.4) is 0 Å². The van der Waals surface area contributed by atoms with Crippen LogP contribution in [0.25, 0.3) is 10.9 Å². The fourth-order valence-corrected chi connectivity index (χ4v) is 4.66. The van der Waals surface area contributed by atoms with Gasteiger partial charge in [-0.1, -0.05) is 18.2 Å². The van der Waals surface area contributed by atoms with Gasteiger partial charge in [0.25, 0.3) is 0 Å². The predicted molar refractivity (Wildman–Crippen MR) is 84.2 cm³/mol. The lowest BCUT2D eigenvalue weighted by molar-refractivity contribution is 0.0197. The molecule has 2 aromatic rings. The number of guanidine groups is 1. The Hall–Kier alpha value is -2.48. The number of piperidine rings is 1. The van der Waals surface area contributed by atoms with Crippen LogP contribution in [-0.2, 0) is 12.0 Å². The predicted octanol–water partition coefficient (Wildman–Crippen LogP) is 2.17. The number of benzene rings is 1. The number of nitrogens with one attached hydrogen (secondary N) is 1. The van der Waals surface area contributed by atoms with Crippen molar-refractivity contribution in [3.8, 4) is 6.19 Å². The minimum absolute atomic E-state index is 0.0109. The SMILES string of the molecule is N#CN=C1N2CCC3(CC2)c2[nH]c4ccccc4c2CCN13. The van der Waals surface area contributed by atoms with Crippen LogP contribution in [0.1, 0.15) is 24.1 Å². The highest BCUT2D eigenvalue weighted by molar-refractivity contribution is 5.88. The average molecular weight is 291 g/mol. The van der Waals surface area contributed by atoms with Crippen LogP contribution < -0.4 is 0 Å².